The summed E-state index contributed by atoms with van der Waals surface area (Å²) in [6, 6.07) is -0.806. The van der Waals surface area contributed by atoms with Gasteiger partial charge < -0.3 is 40.3 Å². The number of hydrogen-bond donors (Lipinski definition) is 6. The van der Waals surface area contributed by atoms with E-state index in [2.05, 4.69) is 43.5 Å². The summed E-state index contributed by atoms with van der Waals surface area (Å²) in [5.74, 6) is -0.176. The van der Waals surface area contributed by atoms with Gasteiger partial charge in [-0.2, -0.15) is 0 Å². The average molecular weight is 991 g/mol. The van der Waals surface area contributed by atoms with Crippen LogP contribution in [0.25, 0.3) is 0 Å². The molecular weight excluding hydrogens is 875 g/mol. The molecule has 1 heterocycles. The SMILES string of the molecule is CCCCCCCCCCC/C=C\C/C=C\CCCCCCCCCCCCCC(=O)NC(COC1OC(CO)C(O)C(O)C1O)C(O)/C=C/CCCCCCCCCCCCCCCCCCCC. The van der Waals surface area contributed by atoms with Crippen LogP contribution in [0.15, 0.2) is 36.5 Å². The molecule has 1 rings (SSSR count). The third-order valence-corrected chi connectivity index (χ3v) is 14.5. The highest BCUT2D eigenvalue weighted by atomic mass is 16.7. The molecule has 0 aromatic rings. The standard InChI is InChI=1S/C61H115NO8/c1-3-5-7-9-11-13-15-17-19-21-23-25-26-27-28-29-30-31-33-35-37-39-41-43-45-47-49-51-57(65)62-54(53-69-61-60(68)59(67)58(66)56(52-63)70-61)55(64)50-48-46-44-42-40-38-36-34-32-24-22-20-18-16-14-12-10-8-6-4-2/h23,25,27-28,48,50,54-56,58-61,63-64,66-68H,3-22,24,26,29-47,49,51-53H2,1-2H3,(H,62,65)/b25-23-,28-27-,50-48+. The Labute approximate surface area is 431 Å². The van der Waals surface area contributed by atoms with Gasteiger partial charge in [-0.3, -0.25) is 4.79 Å². The normalized spacial score (nSPS) is 19.6. The molecule has 70 heavy (non-hydrogen) atoms. The van der Waals surface area contributed by atoms with Crippen LogP contribution in [0.3, 0.4) is 0 Å². The smallest absolute Gasteiger partial charge is 0.220 e. The third kappa shape index (κ3) is 39.9. The summed E-state index contributed by atoms with van der Waals surface area (Å²) in [7, 11) is 0. The van der Waals surface area contributed by atoms with Gasteiger partial charge in [-0.25, -0.2) is 0 Å². The van der Waals surface area contributed by atoms with E-state index >= 15 is 0 Å². The number of allylic oxidation sites excluding steroid dienone is 5. The minimum Gasteiger partial charge on any atom is -0.394 e. The van der Waals surface area contributed by atoms with Crippen LogP contribution in [0.2, 0.25) is 0 Å². The van der Waals surface area contributed by atoms with E-state index < -0.39 is 49.5 Å². The summed E-state index contributed by atoms with van der Waals surface area (Å²) in [5.41, 5.74) is 0. The van der Waals surface area contributed by atoms with Gasteiger partial charge >= 0.3 is 0 Å². The van der Waals surface area contributed by atoms with E-state index in [4.69, 9.17) is 9.47 Å². The molecule has 1 fully saturated rings. The zero-order valence-corrected chi connectivity index (χ0v) is 45.8. The first kappa shape index (κ1) is 66.4. The Hall–Kier alpha value is -1.59. The second-order valence-corrected chi connectivity index (χ2v) is 21.1. The average Bonchev–Trinajstić information content (AvgIpc) is 3.36. The van der Waals surface area contributed by atoms with Crippen LogP contribution in [0.1, 0.15) is 290 Å². The van der Waals surface area contributed by atoms with E-state index in [1.165, 1.54) is 225 Å². The van der Waals surface area contributed by atoms with E-state index in [-0.39, 0.29) is 12.5 Å². The van der Waals surface area contributed by atoms with Gasteiger partial charge in [-0.15, -0.1) is 0 Å². The predicted molar refractivity (Wildman–Crippen MR) is 295 cm³/mol. The number of aliphatic hydroxyl groups is 5. The monoisotopic (exact) mass is 990 g/mol. The van der Waals surface area contributed by atoms with Gasteiger partial charge in [0.2, 0.25) is 5.91 Å². The van der Waals surface area contributed by atoms with Gasteiger partial charge in [-0.1, -0.05) is 269 Å². The summed E-state index contributed by atoms with van der Waals surface area (Å²) in [6.45, 7) is 3.81. The van der Waals surface area contributed by atoms with Crippen molar-refractivity contribution in [1.29, 1.82) is 0 Å². The lowest BCUT2D eigenvalue weighted by molar-refractivity contribution is -0.302. The number of carbonyl (C=O) groups is 1. The lowest BCUT2D eigenvalue weighted by atomic mass is 9.99. The maximum absolute atomic E-state index is 13.1. The van der Waals surface area contributed by atoms with E-state index in [1.807, 2.05) is 6.08 Å². The first-order valence-corrected chi connectivity index (χ1v) is 30.2. The molecule has 0 spiro atoms. The van der Waals surface area contributed by atoms with Crippen LogP contribution in [0, 0.1) is 0 Å². The zero-order valence-electron chi connectivity index (χ0n) is 45.8. The van der Waals surface area contributed by atoms with Crippen LogP contribution >= 0.6 is 0 Å². The lowest BCUT2D eigenvalue weighted by Gasteiger charge is -2.40. The summed E-state index contributed by atoms with van der Waals surface area (Å²) in [4.78, 5) is 13.1. The van der Waals surface area contributed by atoms with Crippen molar-refractivity contribution in [2.75, 3.05) is 13.2 Å². The number of carbonyl (C=O) groups excluding carboxylic acids is 1. The fourth-order valence-corrected chi connectivity index (χ4v) is 9.66. The molecule has 1 aliphatic rings. The number of unbranched alkanes of at least 4 members (excludes halogenated alkanes) is 38. The molecule has 7 unspecified atom stereocenters. The quantitative estimate of drug-likeness (QED) is 0.0261. The highest BCUT2D eigenvalue weighted by molar-refractivity contribution is 5.76. The second-order valence-electron chi connectivity index (χ2n) is 21.1. The fourth-order valence-electron chi connectivity index (χ4n) is 9.66. The largest absolute Gasteiger partial charge is 0.394 e. The Morgan fingerprint density at radius 1 is 0.486 bits per heavy atom. The number of rotatable bonds is 52. The molecule has 7 atom stereocenters. The highest BCUT2D eigenvalue weighted by Crippen LogP contribution is 2.23. The van der Waals surface area contributed by atoms with E-state index in [9.17, 15) is 30.3 Å². The maximum Gasteiger partial charge on any atom is 0.220 e. The second kappa shape index (κ2) is 50.9. The lowest BCUT2D eigenvalue weighted by Crippen LogP contribution is -2.60. The van der Waals surface area contributed by atoms with Crippen LogP contribution in [-0.2, 0) is 14.3 Å². The minimum absolute atomic E-state index is 0.176. The fraction of sp³-hybridized carbons (Fsp3) is 0.885. The van der Waals surface area contributed by atoms with Gasteiger partial charge in [0.15, 0.2) is 6.29 Å². The van der Waals surface area contributed by atoms with Crippen molar-refractivity contribution in [3.8, 4) is 0 Å². The number of aliphatic hydroxyl groups excluding tert-OH is 5. The molecule has 0 aromatic heterocycles. The number of amides is 1. The molecule has 6 N–H and O–H groups in total. The maximum atomic E-state index is 13.1. The van der Waals surface area contributed by atoms with Crippen LogP contribution in [0.4, 0.5) is 0 Å². The number of ether oxygens (including phenoxy) is 2. The predicted octanol–water partition coefficient (Wildman–Crippen LogP) is 15.1. The number of nitrogens with one attached hydrogen (secondary N) is 1. The minimum atomic E-state index is -1.57. The molecule has 0 bridgehead atoms. The van der Waals surface area contributed by atoms with Crippen LogP contribution in [-0.4, -0.2) is 87.5 Å². The van der Waals surface area contributed by atoms with Gasteiger partial charge in [0.1, 0.15) is 24.4 Å². The Morgan fingerprint density at radius 3 is 1.23 bits per heavy atom. The molecule has 412 valence electrons. The van der Waals surface area contributed by atoms with Gasteiger partial charge in [-0.05, 0) is 51.4 Å². The van der Waals surface area contributed by atoms with Gasteiger partial charge in [0.05, 0.1) is 25.4 Å². The number of hydrogen-bond acceptors (Lipinski definition) is 8. The van der Waals surface area contributed by atoms with Crippen molar-refractivity contribution in [3.63, 3.8) is 0 Å². The Kier molecular flexibility index (Phi) is 48.3. The van der Waals surface area contributed by atoms with Gasteiger partial charge in [0, 0.05) is 6.42 Å². The molecule has 0 radical (unpaired) electrons. The zero-order chi connectivity index (χ0) is 50.8. The van der Waals surface area contributed by atoms with Crippen molar-refractivity contribution in [2.45, 2.75) is 333 Å². The highest BCUT2D eigenvalue weighted by Gasteiger charge is 2.44. The molecule has 1 amide bonds. The van der Waals surface area contributed by atoms with Crippen molar-refractivity contribution >= 4 is 5.91 Å². The molecule has 9 nitrogen and oxygen atoms in total. The Morgan fingerprint density at radius 2 is 0.843 bits per heavy atom. The first-order valence-electron chi connectivity index (χ1n) is 30.2. The van der Waals surface area contributed by atoms with Crippen molar-refractivity contribution in [1.82, 2.24) is 5.32 Å². The van der Waals surface area contributed by atoms with Crippen LogP contribution in [0.5, 0.6) is 0 Å². The van der Waals surface area contributed by atoms with E-state index in [1.54, 1.807) is 6.08 Å². The summed E-state index contributed by atoms with van der Waals surface area (Å²) < 4.78 is 11.3. The molecule has 0 aliphatic carbocycles. The summed E-state index contributed by atoms with van der Waals surface area (Å²) in [6.07, 6.45) is 59.3. The topological polar surface area (TPSA) is 149 Å². The third-order valence-electron chi connectivity index (χ3n) is 14.5. The van der Waals surface area contributed by atoms with Crippen LogP contribution < -0.4 is 5.32 Å². The van der Waals surface area contributed by atoms with E-state index in [0.29, 0.717) is 6.42 Å². The summed E-state index contributed by atoms with van der Waals surface area (Å²) in [5, 5.41) is 54.6. The van der Waals surface area contributed by atoms with Gasteiger partial charge in [0.25, 0.3) is 0 Å². The molecular formula is C61H115NO8. The van der Waals surface area contributed by atoms with Crippen molar-refractivity contribution in [2.24, 2.45) is 0 Å². The molecule has 0 saturated carbocycles. The van der Waals surface area contributed by atoms with Crippen molar-refractivity contribution in [3.05, 3.63) is 36.5 Å². The molecule has 9 heteroatoms. The first-order chi connectivity index (χ1) is 34.3. The van der Waals surface area contributed by atoms with E-state index in [0.717, 1.165) is 44.9 Å². The molecule has 1 aliphatic heterocycles. The molecule has 1 saturated heterocycles. The Bertz CT molecular complexity index is 1190. The molecule has 0 aromatic carbocycles. The Balaban J connectivity index is 2.20. The van der Waals surface area contributed by atoms with Crippen molar-refractivity contribution < 1.29 is 39.8 Å². The summed E-state index contributed by atoms with van der Waals surface area (Å²) >= 11 is 0.